The molecular weight excluding hydrogens is 485 g/mol. The maximum absolute atomic E-state index is 12.8. The molecule has 0 spiro atoms. The van der Waals surface area contributed by atoms with E-state index in [2.05, 4.69) is 37.9 Å². The minimum Gasteiger partial charge on any atom is -0.349 e. The maximum Gasteiger partial charge on any atom is 0.251 e. The Kier molecular flexibility index (Phi) is 7.00. The molecule has 3 heterocycles. The second kappa shape index (κ2) is 10.4. The first-order valence-corrected chi connectivity index (χ1v) is 15.0. The van der Waals surface area contributed by atoms with Gasteiger partial charge in [0.2, 0.25) is 5.95 Å². The molecule has 0 aliphatic carbocycles. The van der Waals surface area contributed by atoms with Crippen molar-refractivity contribution in [1.29, 1.82) is 0 Å². The third kappa shape index (κ3) is 5.84. The molecule has 192 valence electrons. The van der Waals surface area contributed by atoms with Crippen molar-refractivity contribution in [2.24, 2.45) is 0 Å². The van der Waals surface area contributed by atoms with Crippen LogP contribution < -0.4 is 21.3 Å². The fourth-order valence-electron chi connectivity index (χ4n) is 4.52. The summed E-state index contributed by atoms with van der Waals surface area (Å²) in [6, 6.07) is 17.0. The number of nitrogens with one attached hydrogen (secondary N) is 4. The van der Waals surface area contributed by atoms with E-state index in [0.717, 1.165) is 48.0 Å². The van der Waals surface area contributed by atoms with Crippen molar-refractivity contribution in [3.05, 3.63) is 66.4 Å². The summed E-state index contributed by atoms with van der Waals surface area (Å²) in [5.74, 6) is 0.942. The molecule has 1 saturated heterocycles. The van der Waals surface area contributed by atoms with E-state index < -0.39 is 7.14 Å². The van der Waals surface area contributed by atoms with E-state index in [4.69, 9.17) is 4.98 Å². The first-order chi connectivity index (χ1) is 17.8. The lowest BCUT2D eigenvalue weighted by molar-refractivity contribution is 0.0917. The van der Waals surface area contributed by atoms with Crippen LogP contribution in [0.15, 0.2) is 60.8 Å². The number of amides is 1. The van der Waals surface area contributed by atoms with Crippen LogP contribution in [0.4, 0.5) is 23.1 Å². The Bertz CT molecular complexity index is 1450. The van der Waals surface area contributed by atoms with Crippen LogP contribution in [-0.4, -0.2) is 65.3 Å². The summed E-state index contributed by atoms with van der Waals surface area (Å²) in [4.78, 5) is 27.4. The van der Waals surface area contributed by atoms with Crippen molar-refractivity contribution in [1.82, 2.24) is 25.2 Å². The predicted octanol–water partition coefficient (Wildman–Crippen LogP) is 4.52. The summed E-state index contributed by atoms with van der Waals surface area (Å²) in [5, 5.41) is 11.3. The third-order valence-corrected chi connectivity index (χ3v) is 8.16. The van der Waals surface area contributed by atoms with Crippen molar-refractivity contribution in [3.63, 3.8) is 0 Å². The average molecular weight is 518 g/mol. The zero-order valence-corrected chi connectivity index (χ0v) is 22.2. The molecule has 10 heteroatoms. The van der Waals surface area contributed by atoms with Gasteiger partial charge in [0.1, 0.15) is 18.6 Å². The third-order valence-electron chi connectivity index (χ3n) is 6.61. The smallest absolute Gasteiger partial charge is 0.251 e. The Hall–Kier alpha value is -3.68. The molecule has 2 aromatic heterocycles. The maximum atomic E-state index is 12.8. The zero-order valence-electron chi connectivity index (χ0n) is 21.3. The van der Waals surface area contributed by atoms with Crippen LogP contribution in [0.5, 0.6) is 0 Å². The van der Waals surface area contributed by atoms with Crippen LogP contribution in [0, 0.1) is 0 Å². The van der Waals surface area contributed by atoms with E-state index in [1.54, 1.807) is 25.5 Å². The SMILES string of the molecule is CN1CCC(NC(=O)c2ccc(Nc3nc(Nc4ccccc4P(C)(C)=O)c4cc[nH]c4n3)cc2)CC1. The molecule has 0 atom stereocenters. The molecule has 0 bridgehead atoms. The highest BCUT2D eigenvalue weighted by molar-refractivity contribution is 7.70. The number of anilines is 4. The number of nitrogens with zero attached hydrogens (tertiary/aromatic N) is 3. The number of carbonyl (C=O) groups excluding carboxylic acids is 1. The van der Waals surface area contributed by atoms with E-state index in [1.165, 1.54) is 0 Å². The molecule has 0 saturated carbocycles. The Balaban J connectivity index is 1.33. The Morgan fingerprint density at radius 3 is 2.46 bits per heavy atom. The van der Waals surface area contributed by atoms with E-state index in [-0.39, 0.29) is 11.9 Å². The summed E-state index contributed by atoms with van der Waals surface area (Å²) in [5.41, 5.74) is 2.80. The van der Waals surface area contributed by atoms with Crippen molar-refractivity contribution >= 4 is 52.5 Å². The molecule has 1 amide bonds. The number of hydrogen-bond donors (Lipinski definition) is 4. The Morgan fingerprint density at radius 2 is 1.73 bits per heavy atom. The normalized spacial score (nSPS) is 15.0. The molecule has 4 N–H and O–H groups in total. The highest BCUT2D eigenvalue weighted by atomic mass is 31.2. The van der Waals surface area contributed by atoms with Gasteiger partial charge in [-0.05, 0) is 88.8 Å². The van der Waals surface area contributed by atoms with Gasteiger partial charge in [-0.15, -0.1) is 0 Å². The number of hydrogen-bond acceptors (Lipinski definition) is 7. The first-order valence-electron chi connectivity index (χ1n) is 12.4. The lowest BCUT2D eigenvalue weighted by atomic mass is 10.0. The minimum absolute atomic E-state index is 0.0561. The average Bonchev–Trinajstić information content (AvgIpc) is 3.35. The van der Waals surface area contributed by atoms with Crippen molar-refractivity contribution < 1.29 is 9.36 Å². The minimum atomic E-state index is -2.50. The quantitative estimate of drug-likeness (QED) is 0.267. The summed E-state index contributed by atoms with van der Waals surface area (Å²) in [7, 11) is -0.392. The predicted molar refractivity (Wildman–Crippen MR) is 150 cm³/mol. The Morgan fingerprint density at radius 1 is 1.00 bits per heavy atom. The van der Waals surface area contributed by atoms with Gasteiger partial charge in [0.25, 0.3) is 5.91 Å². The van der Waals surface area contributed by atoms with E-state index in [9.17, 15) is 9.36 Å². The molecule has 5 rings (SSSR count). The number of para-hydroxylation sites is 1. The van der Waals surface area contributed by atoms with Gasteiger partial charge < -0.3 is 30.4 Å². The number of aromatic nitrogens is 3. The summed E-state index contributed by atoms with van der Waals surface area (Å²) < 4.78 is 12.8. The highest BCUT2D eigenvalue weighted by Crippen LogP contribution is 2.38. The topological polar surface area (TPSA) is 115 Å². The molecule has 2 aromatic carbocycles. The number of piperidine rings is 1. The number of carbonyl (C=O) groups is 1. The standard InChI is InChI=1S/C27H32N7O2P/c1-34-16-13-20(14-17-34)29-26(35)18-8-10-19(11-9-18)30-27-32-24-21(12-15-28-24)25(33-27)31-22-6-4-5-7-23(22)37(2,3)36/h4-12,15,20H,13-14,16-17H2,1-3H3,(H,29,35)(H3,28,30,31,32,33). The van der Waals surface area contributed by atoms with Crippen LogP contribution in [0.2, 0.25) is 0 Å². The van der Waals surface area contributed by atoms with E-state index >= 15 is 0 Å². The van der Waals surface area contributed by atoms with Crippen molar-refractivity contribution in [3.8, 4) is 0 Å². The fraction of sp³-hybridized carbons (Fsp3) is 0.296. The van der Waals surface area contributed by atoms with Gasteiger partial charge in [0.15, 0.2) is 0 Å². The van der Waals surface area contributed by atoms with Crippen LogP contribution in [0.3, 0.4) is 0 Å². The lowest BCUT2D eigenvalue weighted by Gasteiger charge is -2.29. The van der Waals surface area contributed by atoms with Gasteiger partial charge in [-0.2, -0.15) is 9.97 Å². The summed E-state index contributed by atoms with van der Waals surface area (Å²) in [6.07, 6.45) is 3.74. The lowest BCUT2D eigenvalue weighted by Crippen LogP contribution is -2.43. The molecular formula is C27H32N7O2P. The molecule has 0 unspecified atom stereocenters. The van der Waals surface area contributed by atoms with Gasteiger partial charge in [-0.3, -0.25) is 4.79 Å². The molecule has 37 heavy (non-hydrogen) atoms. The number of fused-ring (bicyclic) bond motifs is 1. The first kappa shape index (κ1) is 25.0. The van der Waals surface area contributed by atoms with Crippen LogP contribution in [0.1, 0.15) is 23.2 Å². The summed E-state index contributed by atoms with van der Waals surface area (Å²) >= 11 is 0. The molecule has 0 radical (unpaired) electrons. The number of benzene rings is 2. The zero-order chi connectivity index (χ0) is 26.0. The van der Waals surface area contributed by atoms with Crippen molar-refractivity contribution in [2.45, 2.75) is 18.9 Å². The van der Waals surface area contributed by atoms with E-state index in [1.807, 2.05) is 48.7 Å². The molecule has 1 aliphatic rings. The van der Waals surface area contributed by atoms with Gasteiger partial charge in [-0.1, -0.05) is 12.1 Å². The van der Waals surface area contributed by atoms with Gasteiger partial charge in [0.05, 0.1) is 11.1 Å². The number of H-pyrrole nitrogens is 1. The monoisotopic (exact) mass is 517 g/mol. The Labute approximate surface area is 216 Å². The fourth-order valence-corrected chi connectivity index (χ4v) is 5.68. The second-order valence-electron chi connectivity index (χ2n) is 9.88. The molecule has 1 aliphatic heterocycles. The van der Waals surface area contributed by atoms with Gasteiger partial charge in [0, 0.05) is 28.8 Å². The molecule has 1 fully saturated rings. The van der Waals surface area contributed by atoms with Crippen molar-refractivity contribution in [2.75, 3.05) is 44.1 Å². The van der Waals surface area contributed by atoms with Crippen LogP contribution >= 0.6 is 7.14 Å². The number of rotatable bonds is 7. The number of likely N-dealkylation sites (tertiary alicyclic amines) is 1. The van der Waals surface area contributed by atoms with Gasteiger partial charge in [-0.25, -0.2) is 0 Å². The van der Waals surface area contributed by atoms with Crippen LogP contribution in [0.25, 0.3) is 11.0 Å². The second-order valence-corrected chi connectivity index (χ2v) is 13.1. The molecule has 9 nitrogen and oxygen atoms in total. The van der Waals surface area contributed by atoms with Crippen LogP contribution in [-0.2, 0) is 4.57 Å². The summed E-state index contributed by atoms with van der Waals surface area (Å²) in [6.45, 7) is 5.50. The van der Waals surface area contributed by atoms with Gasteiger partial charge >= 0.3 is 0 Å². The highest BCUT2D eigenvalue weighted by Gasteiger charge is 2.20. The largest absolute Gasteiger partial charge is 0.349 e. The molecule has 4 aromatic rings. The van der Waals surface area contributed by atoms with E-state index in [0.29, 0.717) is 23.0 Å². The number of aromatic amines is 1.